The van der Waals surface area contributed by atoms with E-state index in [0.29, 0.717) is 12.5 Å². The van der Waals surface area contributed by atoms with Crippen molar-refractivity contribution >= 4 is 17.5 Å². The van der Waals surface area contributed by atoms with E-state index in [0.717, 1.165) is 6.42 Å². The zero-order valence-electron chi connectivity index (χ0n) is 9.66. The molecule has 1 rings (SSSR count). The highest BCUT2D eigenvalue weighted by molar-refractivity contribution is 6.29. The van der Waals surface area contributed by atoms with E-state index in [4.69, 9.17) is 26.8 Å². The van der Waals surface area contributed by atoms with Gasteiger partial charge in [-0.2, -0.15) is 4.98 Å². The number of methoxy groups -OCH3 is 1. The summed E-state index contributed by atoms with van der Waals surface area (Å²) >= 11 is 5.71. The largest absolute Gasteiger partial charge is 0.477 e. The molecule has 0 saturated heterocycles. The second kappa shape index (κ2) is 5.32. The molecule has 0 aromatic carbocycles. The van der Waals surface area contributed by atoms with Crippen LogP contribution in [0, 0.1) is 0 Å². The molecule has 0 bridgehead atoms. The molecule has 0 aliphatic rings. The predicted octanol–water partition coefficient (Wildman–Crippen LogP) is 1.91. The van der Waals surface area contributed by atoms with Gasteiger partial charge in [0.05, 0.1) is 12.2 Å². The lowest BCUT2D eigenvalue weighted by molar-refractivity contribution is 0.00509. The van der Waals surface area contributed by atoms with Gasteiger partial charge in [0.25, 0.3) is 0 Å². The molecule has 2 N–H and O–H groups in total. The van der Waals surface area contributed by atoms with E-state index in [1.54, 1.807) is 7.11 Å². The third kappa shape index (κ3) is 4.20. The first-order valence-electron chi connectivity index (χ1n) is 4.91. The lowest BCUT2D eigenvalue weighted by atomic mass is 10.1. The fourth-order valence-electron chi connectivity index (χ4n) is 0.991. The maximum Gasteiger partial charge on any atom is 0.224 e. The zero-order valence-corrected chi connectivity index (χ0v) is 10.4. The number of aromatic nitrogens is 2. The summed E-state index contributed by atoms with van der Waals surface area (Å²) in [5, 5.41) is 0.272. The second-order valence-corrected chi connectivity index (χ2v) is 4.34. The molecule has 5 nitrogen and oxygen atoms in total. The van der Waals surface area contributed by atoms with E-state index in [1.165, 1.54) is 6.07 Å². The molecule has 16 heavy (non-hydrogen) atoms. The molecular weight excluding hydrogens is 230 g/mol. The zero-order chi connectivity index (χ0) is 12.2. The number of anilines is 1. The van der Waals surface area contributed by atoms with Gasteiger partial charge < -0.3 is 15.2 Å². The van der Waals surface area contributed by atoms with Crippen molar-refractivity contribution in [2.45, 2.75) is 25.9 Å². The van der Waals surface area contributed by atoms with Crippen molar-refractivity contribution in [3.8, 4) is 5.88 Å². The van der Waals surface area contributed by atoms with Gasteiger partial charge in [-0.3, -0.25) is 0 Å². The smallest absolute Gasteiger partial charge is 0.224 e. The Kier molecular flexibility index (Phi) is 4.32. The van der Waals surface area contributed by atoms with Gasteiger partial charge in [-0.1, -0.05) is 11.6 Å². The Labute approximate surface area is 99.9 Å². The minimum Gasteiger partial charge on any atom is -0.477 e. The number of nitrogens with two attached hydrogens (primary N) is 1. The topological polar surface area (TPSA) is 70.3 Å². The molecular formula is C10H16ClN3O2. The highest BCUT2D eigenvalue weighted by atomic mass is 35.5. The van der Waals surface area contributed by atoms with Gasteiger partial charge in [0, 0.05) is 19.6 Å². The normalized spacial score (nSPS) is 11.5. The number of ether oxygens (including phenoxy) is 2. The highest BCUT2D eigenvalue weighted by Gasteiger charge is 2.16. The lowest BCUT2D eigenvalue weighted by Crippen LogP contribution is -2.25. The molecule has 1 aromatic rings. The highest BCUT2D eigenvalue weighted by Crippen LogP contribution is 2.17. The van der Waals surface area contributed by atoms with Crippen molar-refractivity contribution in [3.63, 3.8) is 0 Å². The van der Waals surface area contributed by atoms with E-state index in [9.17, 15) is 0 Å². The van der Waals surface area contributed by atoms with Crippen LogP contribution in [0.25, 0.3) is 0 Å². The van der Waals surface area contributed by atoms with Crippen LogP contribution in [0.5, 0.6) is 5.88 Å². The maximum atomic E-state index is 5.71. The Morgan fingerprint density at radius 3 is 2.69 bits per heavy atom. The molecule has 0 saturated carbocycles. The summed E-state index contributed by atoms with van der Waals surface area (Å²) in [6, 6.07) is 1.53. The summed E-state index contributed by atoms with van der Waals surface area (Å²) in [6.07, 6.45) is 0.741. The molecule has 90 valence electrons. The van der Waals surface area contributed by atoms with Crippen LogP contribution in [0.15, 0.2) is 6.07 Å². The summed E-state index contributed by atoms with van der Waals surface area (Å²) in [5.41, 5.74) is 5.21. The predicted molar refractivity (Wildman–Crippen MR) is 62.7 cm³/mol. The van der Waals surface area contributed by atoms with E-state index < -0.39 is 0 Å². The summed E-state index contributed by atoms with van der Waals surface area (Å²) in [6.45, 7) is 4.45. The summed E-state index contributed by atoms with van der Waals surface area (Å²) in [5.74, 6) is 0.484. The molecule has 0 fully saturated rings. The standard InChI is InChI=1S/C10H16ClN3O2/c1-10(2,15-3)4-5-16-8-6-7(11)13-9(12)14-8/h6H,4-5H2,1-3H3,(H2,12,13,14). The molecule has 0 unspecified atom stereocenters. The third-order valence-corrected chi connectivity index (χ3v) is 2.39. The molecule has 0 amide bonds. The van der Waals surface area contributed by atoms with Crippen molar-refractivity contribution in [2.24, 2.45) is 0 Å². The number of hydrogen-bond acceptors (Lipinski definition) is 5. The molecule has 1 aromatic heterocycles. The van der Waals surface area contributed by atoms with Crippen LogP contribution in [-0.2, 0) is 4.74 Å². The monoisotopic (exact) mass is 245 g/mol. The van der Waals surface area contributed by atoms with E-state index in [1.807, 2.05) is 13.8 Å². The van der Waals surface area contributed by atoms with Crippen LogP contribution in [0.2, 0.25) is 5.15 Å². The Morgan fingerprint density at radius 2 is 2.12 bits per heavy atom. The average molecular weight is 246 g/mol. The Bertz CT molecular complexity index is 338. The van der Waals surface area contributed by atoms with E-state index >= 15 is 0 Å². The average Bonchev–Trinajstić information content (AvgIpc) is 2.16. The van der Waals surface area contributed by atoms with Crippen LogP contribution in [0.4, 0.5) is 5.95 Å². The van der Waals surface area contributed by atoms with Crippen molar-refractivity contribution in [1.82, 2.24) is 9.97 Å². The number of hydrogen-bond donors (Lipinski definition) is 1. The first kappa shape index (κ1) is 13.0. The fraction of sp³-hybridized carbons (Fsp3) is 0.600. The molecule has 0 radical (unpaired) electrons. The molecule has 6 heteroatoms. The summed E-state index contributed by atoms with van der Waals surface area (Å²) < 4.78 is 10.7. The van der Waals surface area contributed by atoms with Gasteiger partial charge in [-0.25, -0.2) is 4.98 Å². The lowest BCUT2D eigenvalue weighted by Gasteiger charge is -2.22. The Balaban J connectivity index is 2.49. The van der Waals surface area contributed by atoms with Gasteiger partial charge >= 0.3 is 0 Å². The van der Waals surface area contributed by atoms with Gasteiger partial charge in [-0.15, -0.1) is 0 Å². The van der Waals surface area contributed by atoms with Crippen LogP contribution in [0.1, 0.15) is 20.3 Å². The van der Waals surface area contributed by atoms with Gasteiger partial charge in [-0.05, 0) is 13.8 Å². The quantitative estimate of drug-likeness (QED) is 0.803. The van der Waals surface area contributed by atoms with E-state index in [-0.39, 0.29) is 16.7 Å². The van der Waals surface area contributed by atoms with E-state index in [2.05, 4.69) is 9.97 Å². The molecule has 0 atom stereocenters. The van der Waals surface area contributed by atoms with Crippen molar-refractivity contribution in [1.29, 1.82) is 0 Å². The van der Waals surface area contributed by atoms with Gasteiger partial charge in [0.1, 0.15) is 5.15 Å². The first-order chi connectivity index (χ1) is 7.43. The maximum absolute atomic E-state index is 5.71. The van der Waals surface area contributed by atoms with Gasteiger partial charge in [0.15, 0.2) is 0 Å². The Hall–Kier alpha value is -1.07. The number of nitrogen functional groups attached to an aromatic ring is 1. The molecule has 0 spiro atoms. The van der Waals surface area contributed by atoms with Crippen LogP contribution in [-0.4, -0.2) is 29.3 Å². The van der Waals surface area contributed by atoms with Crippen LogP contribution in [0.3, 0.4) is 0 Å². The summed E-state index contributed by atoms with van der Waals surface area (Å²) in [4.78, 5) is 7.63. The van der Waals surface area contributed by atoms with Crippen molar-refractivity contribution in [2.75, 3.05) is 19.5 Å². The molecule has 0 aliphatic carbocycles. The minimum absolute atomic E-state index is 0.105. The van der Waals surface area contributed by atoms with Crippen molar-refractivity contribution < 1.29 is 9.47 Å². The number of rotatable bonds is 5. The summed E-state index contributed by atoms with van der Waals surface area (Å²) in [7, 11) is 1.67. The SMILES string of the molecule is COC(C)(C)CCOc1cc(Cl)nc(N)n1. The Morgan fingerprint density at radius 1 is 1.44 bits per heavy atom. The van der Waals surface area contributed by atoms with Gasteiger partial charge in [0.2, 0.25) is 11.8 Å². The molecule has 1 heterocycles. The van der Waals surface area contributed by atoms with Crippen LogP contribution >= 0.6 is 11.6 Å². The number of nitrogens with zero attached hydrogens (tertiary/aromatic N) is 2. The third-order valence-electron chi connectivity index (χ3n) is 2.20. The van der Waals surface area contributed by atoms with Crippen LogP contribution < -0.4 is 10.5 Å². The first-order valence-corrected chi connectivity index (χ1v) is 5.29. The minimum atomic E-state index is -0.220. The fourth-order valence-corrected chi connectivity index (χ4v) is 1.17. The molecule has 0 aliphatic heterocycles. The number of halogens is 1. The van der Waals surface area contributed by atoms with Crippen molar-refractivity contribution in [3.05, 3.63) is 11.2 Å². The second-order valence-electron chi connectivity index (χ2n) is 3.95.